The molecule has 0 saturated carbocycles. The second kappa shape index (κ2) is 9.19. The number of hydrogen-bond acceptors (Lipinski definition) is 3. The molecule has 1 rings (SSSR count). The van der Waals surface area contributed by atoms with Crippen molar-refractivity contribution in [1.29, 1.82) is 0 Å². The molecule has 3 heteroatoms. The van der Waals surface area contributed by atoms with Gasteiger partial charge in [0.1, 0.15) is 0 Å². The van der Waals surface area contributed by atoms with Crippen LogP contribution in [0.3, 0.4) is 0 Å². The molecule has 0 bridgehead atoms. The molecule has 3 atom stereocenters. The van der Waals surface area contributed by atoms with E-state index in [0.717, 1.165) is 19.3 Å². The fourth-order valence-corrected chi connectivity index (χ4v) is 2.44. The molecule has 3 nitrogen and oxygen atoms in total. The first-order chi connectivity index (χ1) is 9.98. The Hall–Kier alpha value is -0.900. The van der Waals surface area contributed by atoms with E-state index in [2.05, 4.69) is 39.0 Å². The summed E-state index contributed by atoms with van der Waals surface area (Å²) in [6.45, 7) is 6.30. The summed E-state index contributed by atoms with van der Waals surface area (Å²) >= 11 is 0. The molecule has 21 heavy (non-hydrogen) atoms. The van der Waals surface area contributed by atoms with Crippen molar-refractivity contribution in [3.8, 4) is 0 Å². The Labute approximate surface area is 129 Å². The molecule has 3 unspecified atom stereocenters. The van der Waals surface area contributed by atoms with Crippen LogP contribution in [0.2, 0.25) is 0 Å². The van der Waals surface area contributed by atoms with Crippen molar-refractivity contribution >= 4 is 0 Å². The van der Waals surface area contributed by atoms with Gasteiger partial charge in [0, 0.05) is 21.3 Å². The molecule has 0 radical (unpaired) electrons. The smallest absolute Gasteiger partial charge is 0.0583 e. The molecule has 1 aromatic carbocycles. The molecule has 0 aliphatic heterocycles. The maximum absolute atomic E-state index is 5.39. The lowest BCUT2D eigenvalue weighted by Gasteiger charge is -2.16. The van der Waals surface area contributed by atoms with Crippen LogP contribution in [0, 0.1) is 0 Å². The largest absolute Gasteiger partial charge is 0.381 e. The van der Waals surface area contributed by atoms with E-state index in [1.54, 1.807) is 21.3 Å². The van der Waals surface area contributed by atoms with Crippen LogP contribution in [0.15, 0.2) is 18.2 Å². The Kier molecular flexibility index (Phi) is 7.94. The monoisotopic (exact) mass is 294 g/mol. The zero-order chi connectivity index (χ0) is 15.8. The standard InChI is InChI=1S/C18H30O3/c1-13(19-4)7-16-10-17(8-14(2)20-5)12-18(11-16)9-15(3)21-6/h10-15H,7-9H2,1-6H3. The Balaban J connectivity index is 2.95. The van der Waals surface area contributed by atoms with Crippen molar-refractivity contribution < 1.29 is 14.2 Å². The van der Waals surface area contributed by atoms with Crippen molar-refractivity contribution in [1.82, 2.24) is 0 Å². The van der Waals surface area contributed by atoms with E-state index in [9.17, 15) is 0 Å². The topological polar surface area (TPSA) is 27.7 Å². The summed E-state index contributed by atoms with van der Waals surface area (Å²) in [5.41, 5.74) is 3.97. The predicted molar refractivity (Wildman–Crippen MR) is 87.0 cm³/mol. The van der Waals surface area contributed by atoms with Gasteiger partial charge in [0.15, 0.2) is 0 Å². The third-order valence-electron chi connectivity index (χ3n) is 3.89. The van der Waals surface area contributed by atoms with Gasteiger partial charge in [0.25, 0.3) is 0 Å². The van der Waals surface area contributed by atoms with Crippen LogP contribution in [0.25, 0.3) is 0 Å². The van der Waals surface area contributed by atoms with Crippen molar-refractivity contribution in [2.75, 3.05) is 21.3 Å². The molecule has 0 aliphatic carbocycles. The summed E-state index contributed by atoms with van der Waals surface area (Å²) in [6, 6.07) is 6.81. The van der Waals surface area contributed by atoms with E-state index in [0.29, 0.717) is 0 Å². The molecule has 0 aliphatic rings. The highest BCUT2D eigenvalue weighted by Gasteiger charge is 2.10. The predicted octanol–water partition coefficient (Wildman–Crippen LogP) is 3.42. The first-order valence-electron chi connectivity index (χ1n) is 7.68. The SMILES string of the molecule is COC(C)Cc1cc(CC(C)OC)cc(CC(C)OC)c1. The van der Waals surface area contributed by atoms with Crippen LogP contribution in [0.4, 0.5) is 0 Å². The average molecular weight is 294 g/mol. The molecule has 0 N–H and O–H groups in total. The molecular formula is C18H30O3. The second-order valence-corrected chi connectivity index (χ2v) is 5.91. The number of rotatable bonds is 9. The lowest BCUT2D eigenvalue weighted by Crippen LogP contribution is -2.13. The summed E-state index contributed by atoms with van der Waals surface area (Å²) in [6.07, 6.45) is 3.48. The summed E-state index contributed by atoms with van der Waals surface area (Å²) in [7, 11) is 5.28. The summed E-state index contributed by atoms with van der Waals surface area (Å²) in [5.74, 6) is 0. The van der Waals surface area contributed by atoms with Crippen LogP contribution < -0.4 is 0 Å². The van der Waals surface area contributed by atoms with Crippen molar-refractivity contribution in [3.63, 3.8) is 0 Å². The van der Waals surface area contributed by atoms with Crippen molar-refractivity contribution in [2.24, 2.45) is 0 Å². The quantitative estimate of drug-likeness (QED) is 0.698. The molecular weight excluding hydrogens is 264 g/mol. The molecule has 0 fully saturated rings. The fourth-order valence-electron chi connectivity index (χ4n) is 2.44. The van der Waals surface area contributed by atoms with Crippen LogP contribution in [-0.2, 0) is 33.5 Å². The molecule has 0 amide bonds. The van der Waals surface area contributed by atoms with Gasteiger partial charge in [-0.05, 0) is 56.7 Å². The van der Waals surface area contributed by atoms with E-state index in [-0.39, 0.29) is 18.3 Å². The van der Waals surface area contributed by atoms with Crippen LogP contribution in [0.1, 0.15) is 37.5 Å². The fraction of sp³-hybridized carbons (Fsp3) is 0.667. The van der Waals surface area contributed by atoms with E-state index >= 15 is 0 Å². The van der Waals surface area contributed by atoms with Crippen molar-refractivity contribution in [3.05, 3.63) is 34.9 Å². The first-order valence-corrected chi connectivity index (χ1v) is 7.68. The van der Waals surface area contributed by atoms with Gasteiger partial charge in [0.2, 0.25) is 0 Å². The zero-order valence-corrected chi connectivity index (χ0v) is 14.3. The van der Waals surface area contributed by atoms with E-state index in [4.69, 9.17) is 14.2 Å². The van der Waals surface area contributed by atoms with Gasteiger partial charge in [-0.2, -0.15) is 0 Å². The highest BCUT2D eigenvalue weighted by Crippen LogP contribution is 2.17. The minimum atomic E-state index is 0.229. The molecule has 0 aromatic heterocycles. The summed E-state index contributed by atoms with van der Waals surface area (Å²) in [4.78, 5) is 0. The van der Waals surface area contributed by atoms with Crippen molar-refractivity contribution in [2.45, 2.75) is 58.3 Å². The third kappa shape index (κ3) is 6.60. The normalized spacial score (nSPS) is 15.7. The van der Waals surface area contributed by atoms with Gasteiger partial charge in [-0.3, -0.25) is 0 Å². The minimum Gasteiger partial charge on any atom is -0.381 e. The Bertz CT molecular complexity index is 343. The molecule has 0 spiro atoms. The van der Waals surface area contributed by atoms with E-state index in [1.165, 1.54) is 16.7 Å². The van der Waals surface area contributed by atoms with Gasteiger partial charge in [-0.1, -0.05) is 18.2 Å². The zero-order valence-electron chi connectivity index (χ0n) is 14.3. The van der Waals surface area contributed by atoms with E-state index in [1.807, 2.05) is 0 Å². The molecule has 1 aromatic rings. The van der Waals surface area contributed by atoms with Gasteiger partial charge in [-0.15, -0.1) is 0 Å². The average Bonchev–Trinajstić information content (AvgIpc) is 2.46. The number of ether oxygens (including phenoxy) is 3. The van der Waals surface area contributed by atoms with Gasteiger partial charge >= 0.3 is 0 Å². The highest BCUT2D eigenvalue weighted by molar-refractivity contribution is 5.31. The first kappa shape index (κ1) is 18.1. The minimum absolute atomic E-state index is 0.229. The third-order valence-corrected chi connectivity index (χ3v) is 3.89. The second-order valence-electron chi connectivity index (χ2n) is 5.91. The Morgan fingerprint density at radius 3 is 1.05 bits per heavy atom. The maximum atomic E-state index is 5.39. The summed E-state index contributed by atoms with van der Waals surface area (Å²) < 4.78 is 16.2. The number of hydrogen-bond donors (Lipinski definition) is 0. The Morgan fingerprint density at radius 1 is 0.619 bits per heavy atom. The maximum Gasteiger partial charge on any atom is 0.0583 e. The van der Waals surface area contributed by atoms with Crippen LogP contribution >= 0.6 is 0 Å². The number of methoxy groups -OCH3 is 3. The van der Waals surface area contributed by atoms with Gasteiger partial charge < -0.3 is 14.2 Å². The van der Waals surface area contributed by atoms with E-state index < -0.39 is 0 Å². The lowest BCUT2D eigenvalue weighted by atomic mass is 9.96. The molecule has 0 heterocycles. The van der Waals surface area contributed by atoms with Crippen LogP contribution in [-0.4, -0.2) is 39.6 Å². The number of benzene rings is 1. The highest BCUT2D eigenvalue weighted by atomic mass is 16.5. The van der Waals surface area contributed by atoms with Gasteiger partial charge in [-0.25, -0.2) is 0 Å². The van der Waals surface area contributed by atoms with Crippen LogP contribution in [0.5, 0.6) is 0 Å². The summed E-state index contributed by atoms with van der Waals surface area (Å²) in [5, 5.41) is 0. The molecule has 0 saturated heterocycles. The van der Waals surface area contributed by atoms with Gasteiger partial charge in [0.05, 0.1) is 18.3 Å². The lowest BCUT2D eigenvalue weighted by molar-refractivity contribution is 0.116. The Morgan fingerprint density at radius 2 is 0.857 bits per heavy atom. The molecule has 120 valence electrons.